The van der Waals surface area contributed by atoms with Gasteiger partial charge in [0.2, 0.25) is 5.91 Å². The number of alkyl halides is 2. The van der Waals surface area contributed by atoms with Crippen LogP contribution in [0.2, 0.25) is 0 Å². The smallest absolute Gasteiger partial charge is 0.387 e. The van der Waals surface area contributed by atoms with Gasteiger partial charge in [-0.2, -0.15) is 26.4 Å². The van der Waals surface area contributed by atoms with E-state index in [1.807, 2.05) is 18.2 Å². The normalized spacial score (nSPS) is 18.4. The fourth-order valence-corrected chi connectivity index (χ4v) is 5.55. The summed E-state index contributed by atoms with van der Waals surface area (Å²) < 4.78 is 55.6. The Bertz CT molecular complexity index is 1310. The lowest BCUT2D eigenvalue weighted by Crippen LogP contribution is -2.56. The molecule has 2 aromatic rings. The van der Waals surface area contributed by atoms with Crippen LogP contribution in [0, 0.1) is 0 Å². The predicted molar refractivity (Wildman–Crippen MR) is 119 cm³/mol. The van der Waals surface area contributed by atoms with Gasteiger partial charge in [0.25, 0.3) is 15.9 Å². The summed E-state index contributed by atoms with van der Waals surface area (Å²) in [6, 6.07) is 3.91. The van der Waals surface area contributed by atoms with Crippen LogP contribution in [0.15, 0.2) is 59.2 Å². The van der Waals surface area contributed by atoms with Crippen LogP contribution < -0.4 is 4.74 Å². The maximum absolute atomic E-state index is 13.4. The van der Waals surface area contributed by atoms with Crippen molar-refractivity contribution in [1.29, 1.82) is 0 Å². The molecule has 1 saturated heterocycles. The lowest BCUT2D eigenvalue weighted by Gasteiger charge is -2.39. The van der Waals surface area contributed by atoms with Crippen LogP contribution in [0.25, 0.3) is 0 Å². The molecule has 2 aliphatic heterocycles. The summed E-state index contributed by atoms with van der Waals surface area (Å²) >= 11 is 0. The average Bonchev–Trinajstić information content (AvgIpc) is 3.42. The van der Waals surface area contributed by atoms with Gasteiger partial charge in [-0.1, -0.05) is 18.2 Å². The van der Waals surface area contributed by atoms with Crippen LogP contribution in [0.4, 0.5) is 8.78 Å². The van der Waals surface area contributed by atoms with Crippen LogP contribution in [-0.2, 0) is 32.7 Å². The molecule has 12 heteroatoms. The maximum Gasteiger partial charge on any atom is 0.387 e. The summed E-state index contributed by atoms with van der Waals surface area (Å²) in [6.07, 6.45) is 9.31. The Labute approximate surface area is 200 Å². The zero-order valence-electron chi connectivity index (χ0n) is 18.5. The van der Waals surface area contributed by atoms with E-state index >= 15 is 0 Å². The molecule has 1 fully saturated rings. The number of hydrogen-bond acceptors (Lipinski definition) is 6. The molecule has 35 heavy (non-hydrogen) atoms. The summed E-state index contributed by atoms with van der Waals surface area (Å²) in [7, 11) is -4.06. The first-order valence-corrected chi connectivity index (χ1v) is 12.5. The number of amides is 2. The summed E-state index contributed by atoms with van der Waals surface area (Å²) in [5.41, 5.74) is 1.83. The van der Waals surface area contributed by atoms with Crippen molar-refractivity contribution in [2.24, 2.45) is 0 Å². The molecule has 0 N–H and O–H groups in total. The SMILES string of the molecule is O=C([C@@H](C1=CCCC=C1)N1CCC1=O)N1Cc2cn(S(=O)(=O)c3ccc(OC(F)F)cc3)nc2C1. The Morgan fingerprint density at radius 2 is 1.89 bits per heavy atom. The molecule has 3 aliphatic rings. The highest BCUT2D eigenvalue weighted by molar-refractivity contribution is 7.89. The summed E-state index contributed by atoms with van der Waals surface area (Å²) in [5.74, 6) is -0.450. The van der Waals surface area contributed by atoms with E-state index in [0.29, 0.717) is 24.2 Å². The van der Waals surface area contributed by atoms with Crippen LogP contribution in [0.5, 0.6) is 5.75 Å². The van der Waals surface area contributed by atoms with Crippen LogP contribution in [-0.4, -0.2) is 58.4 Å². The molecule has 0 saturated carbocycles. The summed E-state index contributed by atoms with van der Waals surface area (Å²) in [5, 5.41) is 4.18. The molecular weight excluding hydrogens is 482 g/mol. The number of β-lactam (4-membered cyclic amide) rings is 1. The zero-order valence-corrected chi connectivity index (χ0v) is 19.3. The predicted octanol–water partition coefficient (Wildman–Crippen LogP) is 2.44. The lowest BCUT2D eigenvalue weighted by atomic mass is 9.95. The van der Waals surface area contributed by atoms with E-state index in [1.165, 1.54) is 6.20 Å². The van der Waals surface area contributed by atoms with Crippen molar-refractivity contribution >= 4 is 21.8 Å². The number of allylic oxidation sites excluding steroid dienone is 2. The molecule has 0 bridgehead atoms. The fourth-order valence-electron chi connectivity index (χ4n) is 4.38. The van der Waals surface area contributed by atoms with Gasteiger partial charge in [0, 0.05) is 31.3 Å². The molecule has 1 aliphatic carbocycles. The van der Waals surface area contributed by atoms with Crippen molar-refractivity contribution in [3.05, 3.63) is 65.5 Å². The Morgan fingerprint density at radius 3 is 2.46 bits per heavy atom. The van der Waals surface area contributed by atoms with Gasteiger partial charge in [-0.3, -0.25) is 9.59 Å². The number of benzene rings is 1. The number of hydrogen-bond donors (Lipinski definition) is 0. The molecule has 0 unspecified atom stereocenters. The molecule has 3 heterocycles. The first-order valence-electron chi connectivity index (χ1n) is 11.1. The van der Waals surface area contributed by atoms with Crippen molar-refractivity contribution in [3.8, 4) is 5.75 Å². The van der Waals surface area contributed by atoms with Gasteiger partial charge in [-0.05, 0) is 42.7 Å². The largest absolute Gasteiger partial charge is 0.435 e. The van der Waals surface area contributed by atoms with E-state index in [1.54, 1.807) is 9.80 Å². The number of ether oxygens (including phenoxy) is 1. The number of carbonyl (C=O) groups excluding carboxylic acids is 2. The molecule has 1 atom stereocenters. The monoisotopic (exact) mass is 504 g/mol. The molecule has 5 rings (SSSR count). The number of rotatable bonds is 7. The fraction of sp³-hybridized carbons (Fsp3) is 0.348. The number of halogens is 2. The van der Waals surface area contributed by atoms with Crippen molar-refractivity contribution in [3.63, 3.8) is 0 Å². The molecule has 2 amide bonds. The van der Waals surface area contributed by atoms with Crippen molar-refractivity contribution in [2.75, 3.05) is 6.54 Å². The standard InChI is InChI=1S/C23H22F2N4O5S/c24-23(25)34-17-6-8-18(9-7-17)35(32,33)29-13-16-12-27(14-19(16)26-29)22(31)21(28-11-10-20(28)30)15-4-2-1-3-5-15/h2,4-9,13,21,23H,1,3,10-12,14H2/t21-/m1/s1. The van der Waals surface area contributed by atoms with E-state index in [4.69, 9.17) is 0 Å². The van der Waals surface area contributed by atoms with Gasteiger partial charge in [0.15, 0.2) is 0 Å². The van der Waals surface area contributed by atoms with E-state index in [0.717, 1.165) is 46.8 Å². The van der Waals surface area contributed by atoms with Gasteiger partial charge in [-0.25, -0.2) is 0 Å². The lowest BCUT2D eigenvalue weighted by molar-refractivity contribution is -0.151. The molecule has 184 valence electrons. The van der Waals surface area contributed by atoms with Crippen LogP contribution in [0.1, 0.15) is 30.5 Å². The quantitative estimate of drug-likeness (QED) is 0.537. The van der Waals surface area contributed by atoms with Gasteiger partial charge in [0.05, 0.1) is 17.1 Å². The van der Waals surface area contributed by atoms with Gasteiger partial charge in [-0.15, -0.1) is 0 Å². The number of nitrogens with zero attached hydrogens (tertiary/aromatic N) is 4. The highest BCUT2D eigenvalue weighted by Crippen LogP contribution is 2.30. The highest BCUT2D eigenvalue weighted by atomic mass is 32.2. The average molecular weight is 505 g/mol. The summed E-state index contributed by atoms with van der Waals surface area (Å²) in [6.45, 7) is -2.21. The minimum absolute atomic E-state index is 0.0681. The van der Waals surface area contributed by atoms with Crippen molar-refractivity contribution in [1.82, 2.24) is 19.0 Å². The van der Waals surface area contributed by atoms with E-state index in [-0.39, 0.29) is 35.5 Å². The Hall–Kier alpha value is -3.54. The van der Waals surface area contributed by atoms with Gasteiger partial charge in [0.1, 0.15) is 11.8 Å². The second-order valence-corrected chi connectivity index (χ2v) is 10.2. The third-order valence-electron chi connectivity index (χ3n) is 6.23. The number of likely N-dealkylation sites (tertiary alicyclic amines) is 1. The first kappa shape index (κ1) is 23.2. The molecular formula is C23H22F2N4O5S. The van der Waals surface area contributed by atoms with Gasteiger partial charge >= 0.3 is 6.61 Å². The third kappa shape index (κ3) is 4.33. The van der Waals surface area contributed by atoms with Crippen molar-refractivity contribution in [2.45, 2.75) is 49.9 Å². The molecule has 0 radical (unpaired) electrons. The molecule has 1 aromatic carbocycles. The van der Waals surface area contributed by atoms with E-state index in [2.05, 4.69) is 9.84 Å². The second-order valence-electron chi connectivity index (χ2n) is 8.45. The number of fused-ring (bicyclic) bond motifs is 1. The van der Waals surface area contributed by atoms with Crippen LogP contribution in [0.3, 0.4) is 0 Å². The minimum atomic E-state index is -4.06. The Balaban J connectivity index is 1.33. The molecule has 9 nitrogen and oxygen atoms in total. The highest BCUT2D eigenvalue weighted by Gasteiger charge is 2.41. The second kappa shape index (κ2) is 8.91. The topological polar surface area (TPSA) is 102 Å². The first-order chi connectivity index (χ1) is 16.7. The minimum Gasteiger partial charge on any atom is -0.435 e. The number of aromatic nitrogens is 2. The molecule has 1 aromatic heterocycles. The Kier molecular flexibility index (Phi) is 5.91. The zero-order chi connectivity index (χ0) is 24.7. The van der Waals surface area contributed by atoms with Gasteiger partial charge < -0.3 is 14.5 Å². The van der Waals surface area contributed by atoms with Crippen molar-refractivity contribution < 1.29 is 31.5 Å². The van der Waals surface area contributed by atoms with E-state index < -0.39 is 22.7 Å². The van der Waals surface area contributed by atoms with Crippen LogP contribution >= 0.6 is 0 Å². The third-order valence-corrected chi connectivity index (χ3v) is 7.78. The summed E-state index contributed by atoms with van der Waals surface area (Å²) in [4.78, 5) is 28.6. The molecule has 0 spiro atoms. The Morgan fingerprint density at radius 1 is 1.11 bits per heavy atom. The number of carbonyl (C=O) groups is 2. The van der Waals surface area contributed by atoms with E-state index in [9.17, 15) is 26.8 Å². The maximum atomic E-state index is 13.4.